The molecule has 0 spiro atoms. The van der Waals surface area contributed by atoms with Crippen LogP contribution in [0, 0.1) is 0 Å². The van der Waals surface area contributed by atoms with Gasteiger partial charge in [-0.05, 0) is 55.0 Å². The van der Waals surface area contributed by atoms with Crippen molar-refractivity contribution < 1.29 is 19.4 Å². The SMILES string of the molecule is CCOc1ccc(Br)cc1/C=C/C(=O)c1c(O)cccc1OCc1ccccc1. The van der Waals surface area contributed by atoms with E-state index in [0.29, 0.717) is 24.7 Å². The van der Waals surface area contributed by atoms with E-state index < -0.39 is 0 Å². The zero-order chi connectivity index (χ0) is 20.6. The molecule has 0 atom stereocenters. The molecule has 4 nitrogen and oxygen atoms in total. The average Bonchev–Trinajstić information content (AvgIpc) is 2.73. The summed E-state index contributed by atoms with van der Waals surface area (Å²) < 4.78 is 12.3. The monoisotopic (exact) mass is 452 g/mol. The molecule has 3 aromatic rings. The number of phenolic OH excluding ortho intramolecular Hbond substituents is 1. The second kappa shape index (κ2) is 9.94. The number of rotatable bonds is 8. The lowest BCUT2D eigenvalue weighted by atomic mass is 10.1. The van der Waals surface area contributed by atoms with Crippen molar-refractivity contribution in [2.75, 3.05) is 6.61 Å². The molecular weight excluding hydrogens is 432 g/mol. The molecule has 148 valence electrons. The van der Waals surface area contributed by atoms with Gasteiger partial charge in [-0.15, -0.1) is 0 Å². The summed E-state index contributed by atoms with van der Waals surface area (Å²) >= 11 is 3.43. The largest absolute Gasteiger partial charge is 0.507 e. The van der Waals surface area contributed by atoms with Crippen molar-refractivity contribution >= 4 is 27.8 Å². The van der Waals surface area contributed by atoms with Gasteiger partial charge in [-0.2, -0.15) is 0 Å². The molecule has 0 aromatic heterocycles. The fourth-order valence-corrected chi connectivity index (χ4v) is 3.19. The molecule has 0 saturated carbocycles. The van der Waals surface area contributed by atoms with E-state index in [0.717, 1.165) is 15.6 Å². The van der Waals surface area contributed by atoms with E-state index in [1.165, 1.54) is 12.1 Å². The number of phenols is 1. The van der Waals surface area contributed by atoms with Crippen LogP contribution < -0.4 is 9.47 Å². The first kappa shape index (κ1) is 20.7. The second-order valence-electron chi connectivity index (χ2n) is 6.24. The Kier molecular flexibility index (Phi) is 7.09. The number of carbonyl (C=O) groups excluding carboxylic acids is 1. The van der Waals surface area contributed by atoms with Crippen LogP contribution in [0.4, 0.5) is 0 Å². The molecule has 0 amide bonds. The number of ketones is 1. The smallest absolute Gasteiger partial charge is 0.193 e. The predicted molar refractivity (Wildman–Crippen MR) is 118 cm³/mol. The summed E-state index contributed by atoms with van der Waals surface area (Å²) in [6.45, 7) is 2.72. The Morgan fingerprint density at radius 2 is 1.79 bits per heavy atom. The van der Waals surface area contributed by atoms with Crippen molar-refractivity contribution in [2.24, 2.45) is 0 Å². The van der Waals surface area contributed by atoms with Crippen LogP contribution in [0.5, 0.6) is 17.2 Å². The number of carbonyl (C=O) groups is 1. The highest BCUT2D eigenvalue weighted by molar-refractivity contribution is 9.10. The fourth-order valence-electron chi connectivity index (χ4n) is 2.81. The van der Waals surface area contributed by atoms with Crippen LogP contribution in [0.15, 0.2) is 77.3 Å². The molecule has 3 rings (SSSR count). The summed E-state index contributed by atoms with van der Waals surface area (Å²) in [6, 6.07) is 20.0. The van der Waals surface area contributed by atoms with Gasteiger partial charge in [0.05, 0.1) is 6.61 Å². The molecule has 1 N–H and O–H groups in total. The Labute approximate surface area is 178 Å². The summed E-state index contributed by atoms with van der Waals surface area (Å²) in [4.78, 5) is 12.8. The first-order chi connectivity index (χ1) is 14.1. The van der Waals surface area contributed by atoms with Gasteiger partial charge in [0.15, 0.2) is 5.78 Å². The number of ether oxygens (including phenoxy) is 2. The number of aromatic hydroxyl groups is 1. The van der Waals surface area contributed by atoms with Gasteiger partial charge in [0.25, 0.3) is 0 Å². The Morgan fingerprint density at radius 3 is 2.55 bits per heavy atom. The topological polar surface area (TPSA) is 55.8 Å². The van der Waals surface area contributed by atoms with Crippen molar-refractivity contribution in [2.45, 2.75) is 13.5 Å². The maximum Gasteiger partial charge on any atom is 0.193 e. The molecule has 0 aliphatic heterocycles. The van der Waals surface area contributed by atoms with Crippen molar-refractivity contribution in [3.63, 3.8) is 0 Å². The van der Waals surface area contributed by atoms with Gasteiger partial charge in [0.1, 0.15) is 29.4 Å². The van der Waals surface area contributed by atoms with Crippen LogP contribution in [0.2, 0.25) is 0 Å². The van der Waals surface area contributed by atoms with E-state index in [1.54, 1.807) is 18.2 Å². The zero-order valence-electron chi connectivity index (χ0n) is 16.0. The quantitative estimate of drug-likeness (QED) is 0.334. The molecule has 0 fully saturated rings. The Hall–Kier alpha value is -3.05. The van der Waals surface area contributed by atoms with Gasteiger partial charge in [0.2, 0.25) is 0 Å². The highest BCUT2D eigenvalue weighted by atomic mass is 79.9. The van der Waals surface area contributed by atoms with Gasteiger partial charge < -0.3 is 14.6 Å². The Bertz CT molecular complexity index is 1010. The maximum atomic E-state index is 12.8. The summed E-state index contributed by atoms with van der Waals surface area (Å²) in [5.41, 5.74) is 1.87. The van der Waals surface area contributed by atoms with E-state index in [2.05, 4.69) is 15.9 Å². The molecule has 29 heavy (non-hydrogen) atoms. The third kappa shape index (κ3) is 5.48. The Balaban J connectivity index is 1.84. The summed E-state index contributed by atoms with van der Waals surface area (Å²) in [5.74, 6) is 0.540. The van der Waals surface area contributed by atoms with Crippen LogP contribution in [0.3, 0.4) is 0 Å². The van der Waals surface area contributed by atoms with Gasteiger partial charge in [-0.1, -0.05) is 52.3 Å². The number of hydrogen-bond acceptors (Lipinski definition) is 4. The highest BCUT2D eigenvalue weighted by Gasteiger charge is 2.16. The maximum absolute atomic E-state index is 12.8. The molecule has 0 radical (unpaired) electrons. The third-order valence-corrected chi connectivity index (χ3v) is 4.67. The van der Waals surface area contributed by atoms with Crippen LogP contribution >= 0.6 is 15.9 Å². The summed E-state index contributed by atoms with van der Waals surface area (Å²) in [5, 5.41) is 10.3. The number of benzene rings is 3. The average molecular weight is 453 g/mol. The molecule has 0 aliphatic rings. The van der Waals surface area contributed by atoms with Crippen molar-refractivity contribution in [3.05, 3.63) is 94.0 Å². The first-order valence-corrected chi connectivity index (χ1v) is 10.0. The van der Waals surface area contributed by atoms with Gasteiger partial charge in [-0.3, -0.25) is 4.79 Å². The molecule has 5 heteroatoms. The van der Waals surface area contributed by atoms with E-state index in [4.69, 9.17) is 9.47 Å². The number of hydrogen-bond donors (Lipinski definition) is 1. The number of halogens is 1. The van der Waals surface area contributed by atoms with Crippen molar-refractivity contribution in [1.82, 2.24) is 0 Å². The minimum atomic E-state index is -0.353. The van der Waals surface area contributed by atoms with Gasteiger partial charge >= 0.3 is 0 Å². The molecule has 0 saturated heterocycles. The van der Waals surface area contributed by atoms with E-state index in [-0.39, 0.29) is 17.1 Å². The number of allylic oxidation sites excluding steroid dienone is 1. The molecule has 3 aromatic carbocycles. The van der Waals surface area contributed by atoms with Crippen molar-refractivity contribution in [1.29, 1.82) is 0 Å². The van der Waals surface area contributed by atoms with Gasteiger partial charge in [-0.25, -0.2) is 0 Å². The molecule has 0 heterocycles. The van der Waals surface area contributed by atoms with Crippen molar-refractivity contribution in [3.8, 4) is 17.2 Å². The zero-order valence-corrected chi connectivity index (χ0v) is 17.6. The van der Waals surface area contributed by atoms with E-state index in [1.807, 2.05) is 55.5 Å². The highest BCUT2D eigenvalue weighted by Crippen LogP contribution is 2.30. The normalized spacial score (nSPS) is 10.8. The molecular formula is C24H21BrO4. The van der Waals surface area contributed by atoms with Crippen LogP contribution in [0.1, 0.15) is 28.4 Å². The van der Waals surface area contributed by atoms with Gasteiger partial charge in [0, 0.05) is 10.0 Å². The summed E-state index contributed by atoms with van der Waals surface area (Å²) in [6.07, 6.45) is 3.08. The lowest BCUT2D eigenvalue weighted by Crippen LogP contribution is -2.03. The lowest BCUT2D eigenvalue weighted by Gasteiger charge is -2.11. The molecule has 0 unspecified atom stereocenters. The summed E-state index contributed by atoms with van der Waals surface area (Å²) in [7, 11) is 0. The minimum absolute atomic E-state index is 0.121. The van der Waals surface area contributed by atoms with E-state index >= 15 is 0 Å². The first-order valence-electron chi connectivity index (χ1n) is 9.22. The van der Waals surface area contributed by atoms with E-state index in [9.17, 15) is 9.90 Å². The fraction of sp³-hybridized carbons (Fsp3) is 0.125. The minimum Gasteiger partial charge on any atom is -0.507 e. The van der Waals surface area contributed by atoms with Crippen LogP contribution in [-0.2, 0) is 6.61 Å². The third-order valence-electron chi connectivity index (χ3n) is 4.17. The van der Waals surface area contributed by atoms with Crippen LogP contribution in [-0.4, -0.2) is 17.5 Å². The standard InChI is InChI=1S/C24H21BrO4/c1-2-28-22-14-12-19(25)15-18(22)11-13-21(27)24-20(26)9-6-10-23(24)29-16-17-7-4-3-5-8-17/h3-15,26H,2,16H2,1H3/b13-11+. The van der Waals surface area contributed by atoms with Crippen LogP contribution in [0.25, 0.3) is 6.08 Å². The molecule has 0 bridgehead atoms. The molecule has 0 aliphatic carbocycles. The lowest BCUT2D eigenvalue weighted by molar-refractivity contribution is 0.104. The predicted octanol–water partition coefficient (Wildman–Crippen LogP) is 6.03. The Morgan fingerprint density at radius 1 is 1.00 bits per heavy atom. The second-order valence-corrected chi connectivity index (χ2v) is 7.15.